The van der Waals surface area contributed by atoms with Crippen molar-refractivity contribution in [3.05, 3.63) is 35.9 Å². The highest BCUT2D eigenvalue weighted by Gasteiger charge is 2.37. The summed E-state index contributed by atoms with van der Waals surface area (Å²) in [5.41, 5.74) is 0.644. The van der Waals surface area contributed by atoms with Crippen LogP contribution in [0.3, 0.4) is 0 Å². The number of nitrogens with zero attached hydrogens (tertiary/aromatic N) is 1. The van der Waals surface area contributed by atoms with Crippen LogP contribution >= 0.6 is 0 Å². The maximum Gasteiger partial charge on any atom is 0.251 e. The van der Waals surface area contributed by atoms with Gasteiger partial charge in [-0.15, -0.1) is 0 Å². The first-order valence-corrected chi connectivity index (χ1v) is 9.29. The van der Waals surface area contributed by atoms with Crippen molar-refractivity contribution in [2.45, 2.75) is 64.0 Å². The molecule has 1 N–H and O–H groups in total. The van der Waals surface area contributed by atoms with E-state index in [1.54, 1.807) is 12.1 Å². The van der Waals surface area contributed by atoms with Crippen LogP contribution in [0.5, 0.6) is 0 Å². The van der Waals surface area contributed by atoms with E-state index in [0.717, 1.165) is 31.6 Å². The average Bonchev–Trinajstić information content (AvgIpc) is 3.42. The Morgan fingerprint density at radius 1 is 1.00 bits per heavy atom. The second kappa shape index (κ2) is 7.82. The summed E-state index contributed by atoms with van der Waals surface area (Å²) in [6.45, 7) is 2.72. The van der Waals surface area contributed by atoms with Crippen molar-refractivity contribution in [1.82, 2.24) is 10.2 Å². The topological polar surface area (TPSA) is 49.4 Å². The molecule has 2 aliphatic rings. The van der Waals surface area contributed by atoms with Gasteiger partial charge in [0.2, 0.25) is 5.91 Å². The Morgan fingerprint density at radius 2 is 1.58 bits per heavy atom. The van der Waals surface area contributed by atoms with Crippen LogP contribution in [-0.2, 0) is 4.79 Å². The van der Waals surface area contributed by atoms with Gasteiger partial charge in [0.1, 0.15) is 0 Å². The summed E-state index contributed by atoms with van der Waals surface area (Å²) >= 11 is 0. The van der Waals surface area contributed by atoms with Gasteiger partial charge in [-0.1, -0.05) is 25.1 Å². The monoisotopic (exact) mass is 328 g/mol. The fourth-order valence-corrected chi connectivity index (χ4v) is 3.68. The van der Waals surface area contributed by atoms with Crippen molar-refractivity contribution in [3.63, 3.8) is 0 Å². The van der Waals surface area contributed by atoms with Crippen molar-refractivity contribution in [1.29, 1.82) is 0 Å². The molecule has 1 aromatic rings. The highest BCUT2D eigenvalue weighted by Crippen LogP contribution is 2.35. The Hall–Kier alpha value is -1.84. The lowest BCUT2D eigenvalue weighted by Gasteiger charge is -2.36. The number of carbonyl (C=O) groups is 2. The zero-order valence-electron chi connectivity index (χ0n) is 14.5. The van der Waals surface area contributed by atoms with Gasteiger partial charge in [0, 0.05) is 30.6 Å². The number of nitrogens with one attached hydrogen (secondary N) is 1. The van der Waals surface area contributed by atoms with E-state index in [1.165, 1.54) is 12.8 Å². The van der Waals surface area contributed by atoms with Gasteiger partial charge < -0.3 is 10.2 Å². The lowest BCUT2D eigenvalue weighted by molar-refractivity contribution is -0.135. The van der Waals surface area contributed by atoms with E-state index in [2.05, 4.69) is 17.1 Å². The fourth-order valence-electron chi connectivity index (χ4n) is 3.68. The van der Waals surface area contributed by atoms with E-state index in [9.17, 15) is 9.59 Å². The molecule has 2 fully saturated rings. The smallest absolute Gasteiger partial charge is 0.251 e. The van der Waals surface area contributed by atoms with E-state index in [4.69, 9.17) is 0 Å². The SMILES string of the molecule is CC1CCC(N(C(=O)CCNC(=O)c2ccccc2)C2CC2)CC1. The second-order valence-electron chi connectivity index (χ2n) is 7.32. The van der Waals surface area contributed by atoms with Crippen molar-refractivity contribution >= 4 is 11.8 Å². The van der Waals surface area contributed by atoms with Crippen LogP contribution in [-0.4, -0.2) is 35.3 Å². The van der Waals surface area contributed by atoms with Gasteiger partial charge >= 0.3 is 0 Å². The molecular weight excluding hydrogens is 300 g/mol. The molecule has 2 saturated carbocycles. The summed E-state index contributed by atoms with van der Waals surface area (Å²) in [4.78, 5) is 26.9. The van der Waals surface area contributed by atoms with Crippen LogP contribution in [0.2, 0.25) is 0 Å². The standard InChI is InChI=1S/C20H28N2O2/c1-15-7-9-17(10-8-15)22(18-11-12-18)19(23)13-14-21-20(24)16-5-3-2-4-6-16/h2-6,15,17-18H,7-14H2,1H3,(H,21,24). The summed E-state index contributed by atoms with van der Waals surface area (Å²) in [6.07, 6.45) is 7.43. The van der Waals surface area contributed by atoms with Gasteiger partial charge in [-0.25, -0.2) is 0 Å². The number of carbonyl (C=O) groups excluding carboxylic acids is 2. The first-order valence-electron chi connectivity index (χ1n) is 9.29. The third-order valence-corrected chi connectivity index (χ3v) is 5.27. The molecule has 3 rings (SSSR count). The van der Waals surface area contributed by atoms with Crippen LogP contribution < -0.4 is 5.32 Å². The first-order chi connectivity index (χ1) is 11.6. The third kappa shape index (κ3) is 4.37. The van der Waals surface area contributed by atoms with Crippen molar-refractivity contribution < 1.29 is 9.59 Å². The number of rotatable bonds is 6. The molecule has 2 aliphatic carbocycles. The zero-order valence-corrected chi connectivity index (χ0v) is 14.5. The summed E-state index contributed by atoms with van der Waals surface area (Å²) in [6, 6.07) is 10.0. The molecule has 0 aromatic heterocycles. The highest BCUT2D eigenvalue weighted by molar-refractivity contribution is 5.94. The second-order valence-corrected chi connectivity index (χ2v) is 7.32. The van der Waals surface area contributed by atoms with Crippen molar-refractivity contribution in [2.75, 3.05) is 6.54 Å². The molecule has 4 nitrogen and oxygen atoms in total. The molecule has 1 aromatic carbocycles. The zero-order chi connectivity index (χ0) is 16.9. The Balaban J connectivity index is 1.48. The van der Waals surface area contributed by atoms with Gasteiger partial charge in [0.25, 0.3) is 5.91 Å². The van der Waals surface area contributed by atoms with Crippen LogP contribution in [0.4, 0.5) is 0 Å². The normalized spacial score (nSPS) is 23.5. The van der Waals surface area contributed by atoms with Crippen molar-refractivity contribution in [3.8, 4) is 0 Å². The van der Waals surface area contributed by atoms with E-state index in [0.29, 0.717) is 30.6 Å². The third-order valence-electron chi connectivity index (χ3n) is 5.27. The lowest BCUT2D eigenvalue weighted by Crippen LogP contribution is -2.44. The molecular formula is C20H28N2O2. The Kier molecular flexibility index (Phi) is 5.54. The van der Waals surface area contributed by atoms with E-state index in [-0.39, 0.29) is 11.8 Å². The van der Waals surface area contributed by atoms with Gasteiger partial charge in [-0.05, 0) is 56.6 Å². The molecule has 0 aliphatic heterocycles. The first kappa shape index (κ1) is 17.0. The van der Waals surface area contributed by atoms with Crippen molar-refractivity contribution in [2.24, 2.45) is 5.92 Å². The van der Waals surface area contributed by atoms with Crippen LogP contribution in [0.25, 0.3) is 0 Å². The number of amides is 2. The summed E-state index contributed by atoms with van der Waals surface area (Å²) < 4.78 is 0. The van der Waals surface area contributed by atoms with Gasteiger partial charge in [-0.3, -0.25) is 9.59 Å². The largest absolute Gasteiger partial charge is 0.352 e. The quantitative estimate of drug-likeness (QED) is 0.870. The maximum atomic E-state index is 12.7. The molecule has 0 saturated heterocycles. The summed E-state index contributed by atoms with van der Waals surface area (Å²) in [7, 11) is 0. The molecule has 0 bridgehead atoms. The Bertz CT molecular complexity index is 560. The molecule has 0 heterocycles. The molecule has 0 radical (unpaired) electrons. The molecule has 0 atom stereocenters. The molecule has 0 unspecified atom stereocenters. The van der Waals surface area contributed by atoms with E-state index in [1.807, 2.05) is 18.2 Å². The predicted octanol–water partition coefficient (Wildman–Crippen LogP) is 3.38. The molecule has 24 heavy (non-hydrogen) atoms. The minimum atomic E-state index is -0.104. The predicted molar refractivity (Wildman–Crippen MR) is 94.7 cm³/mol. The fraction of sp³-hybridized carbons (Fsp3) is 0.600. The number of hydrogen-bond acceptors (Lipinski definition) is 2. The van der Waals surface area contributed by atoms with Crippen LogP contribution in [0.15, 0.2) is 30.3 Å². The van der Waals surface area contributed by atoms with Gasteiger partial charge in [0.15, 0.2) is 0 Å². The van der Waals surface area contributed by atoms with Gasteiger partial charge in [0.05, 0.1) is 0 Å². The maximum absolute atomic E-state index is 12.7. The summed E-state index contributed by atoms with van der Waals surface area (Å²) in [5.74, 6) is 0.904. The van der Waals surface area contributed by atoms with Crippen LogP contribution in [0, 0.1) is 5.92 Å². The minimum Gasteiger partial charge on any atom is -0.352 e. The highest BCUT2D eigenvalue weighted by atomic mass is 16.2. The van der Waals surface area contributed by atoms with E-state index >= 15 is 0 Å². The Morgan fingerprint density at radius 3 is 2.17 bits per heavy atom. The minimum absolute atomic E-state index is 0.104. The Labute approximate surface area is 144 Å². The molecule has 0 spiro atoms. The van der Waals surface area contributed by atoms with Gasteiger partial charge in [-0.2, -0.15) is 0 Å². The van der Waals surface area contributed by atoms with Crippen LogP contribution in [0.1, 0.15) is 62.2 Å². The number of benzene rings is 1. The van der Waals surface area contributed by atoms with E-state index < -0.39 is 0 Å². The molecule has 4 heteroatoms. The average molecular weight is 328 g/mol. The lowest BCUT2D eigenvalue weighted by atomic mass is 9.86. The molecule has 2 amide bonds. The summed E-state index contributed by atoms with van der Waals surface area (Å²) in [5, 5.41) is 2.87. The number of hydrogen-bond donors (Lipinski definition) is 1. The molecule has 130 valence electrons.